The molecule has 24 heavy (non-hydrogen) atoms. The van der Waals surface area contributed by atoms with Gasteiger partial charge in [0.1, 0.15) is 6.54 Å². The van der Waals surface area contributed by atoms with Gasteiger partial charge in [-0.2, -0.15) is 0 Å². The molecule has 2 heterocycles. The highest BCUT2D eigenvalue weighted by Crippen LogP contribution is 2.19. The number of benzene rings is 2. The second-order valence-electron chi connectivity index (χ2n) is 6.07. The number of hydrogen-bond acceptors (Lipinski definition) is 3. The molecule has 0 spiro atoms. The summed E-state index contributed by atoms with van der Waals surface area (Å²) in [5.74, 6) is -0.0272. The molecule has 1 atom stereocenters. The Labute approximate surface area is 140 Å². The first-order valence-corrected chi connectivity index (χ1v) is 8.14. The molecule has 2 aromatic carbocycles. The molecule has 5 heteroatoms. The number of aromatic nitrogens is 2. The summed E-state index contributed by atoms with van der Waals surface area (Å²) in [4.78, 5) is 16.5. The highest BCUT2D eigenvalue weighted by molar-refractivity contribution is 5.80. The third-order valence-corrected chi connectivity index (χ3v) is 4.41. The fraction of sp³-hybridized carbons (Fsp3) is 0.263. The Morgan fingerprint density at radius 1 is 1.17 bits per heavy atom. The number of carbonyl (C=O) groups excluding carboxylic acids is 1. The molecule has 0 bridgehead atoms. The zero-order valence-corrected chi connectivity index (χ0v) is 13.3. The van der Waals surface area contributed by atoms with E-state index in [1.54, 1.807) is 6.33 Å². The van der Waals surface area contributed by atoms with E-state index in [0.29, 0.717) is 13.2 Å². The van der Waals surface area contributed by atoms with Crippen molar-refractivity contribution in [3.8, 4) is 0 Å². The molecule has 4 rings (SSSR count). The maximum atomic E-state index is 12.2. The van der Waals surface area contributed by atoms with Crippen molar-refractivity contribution in [2.45, 2.75) is 25.7 Å². The van der Waals surface area contributed by atoms with Crippen molar-refractivity contribution in [1.29, 1.82) is 0 Å². The van der Waals surface area contributed by atoms with Crippen LogP contribution in [-0.2, 0) is 29.1 Å². The first-order valence-electron chi connectivity index (χ1n) is 8.14. The van der Waals surface area contributed by atoms with Gasteiger partial charge in [0.2, 0.25) is 5.91 Å². The zero-order chi connectivity index (χ0) is 16.4. The van der Waals surface area contributed by atoms with Crippen molar-refractivity contribution in [3.63, 3.8) is 0 Å². The van der Waals surface area contributed by atoms with Crippen LogP contribution in [0.4, 0.5) is 0 Å². The topological polar surface area (TPSA) is 56.2 Å². The van der Waals surface area contributed by atoms with Crippen LogP contribution in [0.2, 0.25) is 0 Å². The standard InChI is InChI=1S/C19H19N3O2/c23-19(11-22-13-21-17-7-3-4-8-18(17)22)20-10-16-9-14-5-1-2-6-15(14)12-24-16/h1-8,13,16H,9-12H2,(H,20,23)/t16-/m0/s1. The lowest BCUT2D eigenvalue weighted by Crippen LogP contribution is -2.38. The fourth-order valence-corrected chi connectivity index (χ4v) is 3.11. The molecule has 1 aliphatic rings. The monoisotopic (exact) mass is 321 g/mol. The Morgan fingerprint density at radius 2 is 1.96 bits per heavy atom. The smallest absolute Gasteiger partial charge is 0.240 e. The number of rotatable bonds is 4. The number of carbonyl (C=O) groups is 1. The van der Waals surface area contributed by atoms with Crippen LogP contribution in [-0.4, -0.2) is 28.1 Å². The predicted octanol–water partition coefficient (Wildman–Crippen LogP) is 2.29. The van der Waals surface area contributed by atoms with Gasteiger partial charge < -0.3 is 14.6 Å². The van der Waals surface area contributed by atoms with Gasteiger partial charge in [-0.25, -0.2) is 4.98 Å². The van der Waals surface area contributed by atoms with Crippen LogP contribution in [0.25, 0.3) is 11.0 Å². The average molecular weight is 321 g/mol. The van der Waals surface area contributed by atoms with Crippen LogP contribution >= 0.6 is 0 Å². The highest BCUT2D eigenvalue weighted by Gasteiger charge is 2.19. The molecule has 1 N–H and O–H groups in total. The van der Waals surface area contributed by atoms with E-state index in [1.165, 1.54) is 11.1 Å². The highest BCUT2D eigenvalue weighted by atomic mass is 16.5. The third kappa shape index (κ3) is 3.03. The van der Waals surface area contributed by atoms with Gasteiger partial charge in [0, 0.05) is 13.0 Å². The van der Waals surface area contributed by atoms with E-state index in [1.807, 2.05) is 41.0 Å². The minimum Gasteiger partial charge on any atom is -0.371 e. The van der Waals surface area contributed by atoms with Crippen molar-refractivity contribution in [2.75, 3.05) is 6.54 Å². The molecule has 3 aromatic rings. The third-order valence-electron chi connectivity index (χ3n) is 4.41. The lowest BCUT2D eigenvalue weighted by Gasteiger charge is -2.25. The minimum atomic E-state index is -0.0272. The molecule has 0 radical (unpaired) electrons. The predicted molar refractivity (Wildman–Crippen MR) is 91.5 cm³/mol. The molecule has 1 aliphatic heterocycles. The molecular formula is C19H19N3O2. The van der Waals surface area contributed by atoms with Gasteiger partial charge in [0.25, 0.3) is 0 Å². The number of nitrogens with one attached hydrogen (secondary N) is 1. The number of amides is 1. The Kier molecular flexibility index (Phi) is 4.01. The second kappa shape index (κ2) is 6.45. The van der Waals surface area contributed by atoms with Gasteiger partial charge in [-0.15, -0.1) is 0 Å². The molecule has 0 saturated heterocycles. The van der Waals surface area contributed by atoms with E-state index < -0.39 is 0 Å². The van der Waals surface area contributed by atoms with Crippen LogP contribution in [0, 0.1) is 0 Å². The van der Waals surface area contributed by atoms with Gasteiger partial charge in [-0.3, -0.25) is 4.79 Å². The van der Waals surface area contributed by atoms with Crippen molar-refractivity contribution in [1.82, 2.24) is 14.9 Å². The lowest BCUT2D eigenvalue weighted by molar-refractivity contribution is -0.122. The molecule has 0 saturated carbocycles. The Morgan fingerprint density at radius 3 is 2.88 bits per heavy atom. The van der Waals surface area contributed by atoms with Crippen molar-refractivity contribution in [3.05, 3.63) is 66.0 Å². The van der Waals surface area contributed by atoms with Gasteiger partial charge >= 0.3 is 0 Å². The summed E-state index contributed by atoms with van der Waals surface area (Å²) in [7, 11) is 0. The molecule has 0 aliphatic carbocycles. The van der Waals surface area contributed by atoms with Gasteiger partial charge in [-0.05, 0) is 23.3 Å². The van der Waals surface area contributed by atoms with E-state index in [-0.39, 0.29) is 18.6 Å². The fourth-order valence-electron chi connectivity index (χ4n) is 3.11. The summed E-state index contributed by atoms with van der Waals surface area (Å²) < 4.78 is 7.69. The van der Waals surface area contributed by atoms with Crippen LogP contribution in [0.1, 0.15) is 11.1 Å². The van der Waals surface area contributed by atoms with E-state index in [0.717, 1.165) is 17.5 Å². The Hall–Kier alpha value is -2.66. The van der Waals surface area contributed by atoms with Crippen molar-refractivity contribution >= 4 is 16.9 Å². The van der Waals surface area contributed by atoms with Gasteiger partial charge in [-0.1, -0.05) is 36.4 Å². The largest absolute Gasteiger partial charge is 0.371 e. The quantitative estimate of drug-likeness (QED) is 0.802. The first kappa shape index (κ1) is 14.9. The van der Waals surface area contributed by atoms with E-state index in [2.05, 4.69) is 22.4 Å². The van der Waals surface area contributed by atoms with Crippen LogP contribution in [0.5, 0.6) is 0 Å². The normalized spacial score (nSPS) is 16.8. The van der Waals surface area contributed by atoms with E-state index in [4.69, 9.17) is 4.74 Å². The SMILES string of the molecule is O=C(Cn1cnc2ccccc21)NC[C@@H]1Cc2ccccc2CO1. The lowest BCUT2D eigenvalue weighted by atomic mass is 9.99. The summed E-state index contributed by atoms with van der Waals surface area (Å²) in [6.45, 7) is 1.41. The zero-order valence-electron chi connectivity index (χ0n) is 13.3. The number of ether oxygens (including phenoxy) is 1. The second-order valence-corrected chi connectivity index (χ2v) is 6.07. The van der Waals surface area contributed by atoms with Crippen LogP contribution in [0.3, 0.4) is 0 Å². The summed E-state index contributed by atoms with van der Waals surface area (Å²) in [5, 5.41) is 2.97. The van der Waals surface area contributed by atoms with Gasteiger partial charge in [0.15, 0.2) is 0 Å². The van der Waals surface area contributed by atoms with Crippen LogP contribution in [0.15, 0.2) is 54.9 Å². The molecular weight excluding hydrogens is 302 g/mol. The van der Waals surface area contributed by atoms with Crippen molar-refractivity contribution in [2.24, 2.45) is 0 Å². The molecule has 5 nitrogen and oxygen atoms in total. The molecule has 0 unspecified atom stereocenters. The summed E-state index contributed by atoms with van der Waals surface area (Å²) in [6.07, 6.45) is 2.57. The maximum absolute atomic E-state index is 12.2. The summed E-state index contributed by atoms with van der Waals surface area (Å²) >= 11 is 0. The maximum Gasteiger partial charge on any atom is 0.240 e. The number of imidazole rings is 1. The Bertz CT molecular complexity index is 872. The first-order chi connectivity index (χ1) is 11.8. The van der Waals surface area contributed by atoms with Crippen molar-refractivity contribution < 1.29 is 9.53 Å². The summed E-state index contributed by atoms with van der Waals surface area (Å²) in [6, 6.07) is 16.1. The molecule has 122 valence electrons. The average Bonchev–Trinajstić information content (AvgIpc) is 3.03. The Balaban J connectivity index is 1.34. The summed E-state index contributed by atoms with van der Waals surface area (Å²) in [5.41, 5.74) is 4.42. The van der Waals surface area contributed by atoms with E-state index >= 15 is 0 Å². The van der Waals surface area contributed by atoms with E-state index in [9.17, 15) is 4.79 Å². The number of fused-ring (bicyclic) bond motifs is 2. The number of para-hydroxylation sites is 2. The number of hydrogen-bond donors (Lipinski definition) is 1. The molecule has 1 aromatic heterocycles. The molecule has 1 amide bonds. The number of nitrogens with zero attached hydrogens (tertiary/aromatic N) is 2. The van der Waals surface area contributed by atoms with Crippen LogP contribution < -0.4 is 5.32 Å². The van der Waals surface area contributed by atoms with Gasteiger partial charge in [0.05, 0.1) is 30.1 Å². The molecule has 0 fully saturated rings. The minimum absolute atomic E-state index is 0.0272.